The Hall–Kier alpha value is -8.02. The Kier molecular flexibility index (Phi) is 5.36. The second-order valence-corrected chi connectivity index (χ2v) is 16.1. The highest BCUT2D eigenvalue weighted by atomic mass is 15.1. The van der Waals surface area contributed by atoms with Crippen molar-refractivity contribution >= 4 is 120 Å². The van der Waals surface area contributed by atoms with E-state index in [0.29, 0.717) is 0 Å². The maximum Gasteiger partial charge on any atom is 0.165 e. The first-order valence-electron chi connectivity index (χ1n) is 20.3. The maximum atomic E-state index is 5.72. The minimum absolute atomic E-state index is 0.889. The van der Waals surface area contributed by atoms with Gasteiger partial charge in [0, 0.05) is 59.7 Å². The molecular weight excluding hydrogens is 719 g/mol. The first-order valence-corrected chi connectivity index (χ1v) is 20.3. The first-order chi connectivity index (χ1) is 29.3. The monoisotopic (exact) mass is 747 g/mol. The Morgan fingerprint density at radius 2 is 0.966 bits per heavy atom. The van der Waals surface area contributed by atoms with Gasteiger partial charge in [-0.25, -0.2) is 9.97 Å². The summed E-state index contributed by atoms with van der Waals surface area (Å²) in [7, 11) is 0. The third-order valence-electron chi connectivity index (χ3n) is 13.2. The lowest BCUT2D eigenvalue weighted by Crippen LogP contribution is -1.93. The fourth-order valence-electron chi connectivity index (χ4n) is 10.9. The van der Waals surface area contributed by atoms with Gasteiger partial charge in [0.1, 0.15) is 11.0 Å². The highest BCUT2D eigenvalue weighted by Crippen LogP contribution is 2.47. The molecule has 15 rings (SSSR count). The van der Waals surface area contributed by atoms with Crippen molar-refractivity contribution in [2.45, 2.75) is 0 Å². The highest BCUT2D eigenvalue weighted by molar-refractivity contribution is 6.33. The van der Waals surface area contributed by atoms with Gasteiger partial charge in [0.05, 0.1) is 33.1 Å². The highest BCUT2D eigenvalue weighted by Gasteiger charge is 2.27. The second kappa shape index (κ2) is 10.5. The molecule has 6 heterocycles. The molecule has 0 N–H and O–H groups in total. The predicted molar refractivity (Wildman–Crippen MR) is 246 cm³/mol. The molecule has 59 heavy (non-hydrogen) atoms. The second-order valence-electron chi connectivity index (χ2n) is 16.1. The van der Waals surface area contributed by atoms with Crippen molar-refractivity contribution in [2.75, 3.05) is 0 Å². The number of aromatic nitrogens is 5. The quantitative estimate of drug-likeness (QED) is 0.177. The van der Waals surface area contributed by atoms with E-state index in [0.717, 1.165) is 44.3 Å². The molecule has 0 unspecified atom stereocenters. The molecule has 9 aromatic carbocycles. The van der Waals surface area contributed by atoms with Crippen LogP contribution in [0.3, 0.4) is 0 Å². The zero-order valence-corrected chi connectivity index (χ0v) is 31.5. The average Bonchev–Trinajstić information content (AvgIpc) is 4.08. The summed E-state index contributed by atoms with van der Waals surface area (Å²) in [5.41, 5.74) is 14.2. The molecule has 0 atom stereocenters. The van der Waals surface area contributed by atoms with E-state index in [1.807, 2.05) is 0 Å². The summed E-state index contributed by atoms with van der Waals surface area (Å²) in [4.78, 5) is 11.4. The zero-order chi connectivity index (χ0) is 38.1. The Morgan fingerprint density at radius 1 is 0.339 bits per heavy atom. The van der Waals surface area contributed by atoms with Crippen LogP contribution in [-0.4, -0.2) is 23.3 Å². The van der Waals surface area contributed by atoms with E-state index < -0.39 is 0 Å². The fraction of sp³-hybridized carbons (Fsp3) is 0. The topological polar surface area (TPSA) is 39.5 Å². The van der Waals surface area contributed by atoms with Crippen LogP contribution < -0.4 is 0 Å². The van der Waals surface area contributed by atoms with Crippen molar-refractivity contribution in [1.82, 2.24) is 23.3 Å². The molecule has 0 saturated heterocycles. The first kappa shape index (κ1) is 30.2. The summed E-state index contributed by atoms with van der Waals surface area (Å²) < 4.78 is 7.21. The minimum atomic E-state index is 0.889. The molecule has 0 aliphatic heterocycles. The van der Waals surface area contributed by atoms with Crippen molar-refractivity contribution in [2.24, 2.45) is 0 Å². The van der Waals surface area contributed by atoms with Crippen LogP contribution in [0.5, 0.6) is 0 Å². The Bertz CT molecular complexity index is 4300. The van der Waals surface area contributed by atoms with Crippen molar-refractivity contribution in [1.29, 1.82) is 0 Å². The van der Waals surface area contributed by atoms with Gasteiger partial charge in [-0.1, -0.05) is 140 Å². The molecule has 0 spiro atoms. The normalized spacial score (nSPS) is 12.7. The molecule has 0 aliphatic rings. The van der Waals surface area contributed by atoms with Crippen LogP contribution in [0.1, 0.15) is 0 Å². The molecule has 0 bridgehead atoms. The van der Waals surface area contributed by atoms with Crippen LogP contribution >= 0.6 is 0 Å². The van der Waals surface area contributed by atoms with Crippen LogP contribution in [0.4, 0.5) is 0 Å². The fourth-order valence-corrected chi connectivity index (χ4v) is 10.9. The SMILES string of the molecule is c1ccc(-n2c3ccccc3c3cc(-c4cccc5c6c7ccccc7cc7c8nc9c(nc8n(c45)c76)c4cccc5c6ccc7ccccc7c6n9c54)ccc32)cc1. The van der Waals surface area contributed by atoms with Gasteiger partial charge in [-0.05, 0) is 58.1 Å². The minimum Gasteiger partial charge on any atom is -0.309 e. The van der Waals surface area contributed by atoms with Gasteiger partial charge in [-0.2, -0.15) is 0 Å². The molecule has 5 heteroatoms. The Balaban J connectivity index is 1.11. The molecule has 0 amide bonds. The molecule has 5 nitrogen and oxygen atoms in total. The van der Waals surface area contributed by atoms with E-state index in [2.05, 4.69) is 189 Å². The van der Waals surface area contributed by atoms with Crippen molar-refractivity contribution in [3.8, 4) is 16.8 Å². The van der Waals surface area contributed by atoms with Crippen LogP contribution in [0.25, 0.3) is 137 Å². The average molecular weight is 748 g/mol. The van der Waals surface area contributed by atoms with Crippen molar-refractivity contribution in [3.63, 3.8) is 0 Å². The third kappa shape index (κ3) is 3.59. The summed E-state index contributed by atoms with van der Waals surface area (Å²) in [6.45, 7) is 0. The van der Waals surface area contributed by atoms with Crippen LogP contribution in [0.2, 0.25) is 0 Å². The van der Waals surface area contributed by atoms with E-state index in [1.165, 1.54) is 92.6 Å². The Labute approximate surface area is 334 Å². The summed E-state index contributed by atoms with van der Waals surface area (Å²) >= 11 is 0. The van der Waals surface area contributed by atoms with Gasteiger partial charge in [-0.3, -0.25) is 8.80 Å². The van der Waals surface area contributed by atoms with E-state index in [-0.39, 0.29) is 0 Å². The van der Waals surface area contributed by atoms with Crippen LogP contribution in [-0.2, 0) is 0 Å². The number of hydrogen-bond acceptors (Lipinski definition) is 2. The Morgan fingerprint density at radius 3 is 1.85 bits per heavy atom. The van der Waals surface area contributed by atoms with Gasteiger partial charge in [0.15, 0.2) is 11.3 Å². The largest absolute Gasteiger partial charge is 0.309 e. The molecule has 15 aromatic rings. The number of benzene rings is 9. The van der Waals surface area contributed by atoms with Gasteiger partial charge < -0.3 is 4.57 Å². The summed E-state index contributed by atoms with van der Waals surface area (Å²) in [6, 6.07) is 64.2. The molecule has 270 valence electrons. The number of para-hydroxylation sites is 4. The smallest absolute Gasteiger partial charge is 0.165 e. The number of hydrogen-bond donors (Lipinski definition) is 0. The van der Waals surface area contributed by atoms with Gasteiger partial charge in [0.25, 0.3) is 0 Å². The summed E-state index contributed by atoms with van der Waals surface area (Å²) in [5, 5.41) is 14.6. The zero-order valence-electron chi connectivity index (χ0n) is 31.5. The maximum absolute atomic E-state index is 5.72. The van der Waals surface area contributed by atoms with Gasteiger partial charge in [0.2, 0.25) is 0 Å². The molecular formula is C54H29N5. The van der Waals surface area contributed by atoms with E-state index in [4.69, 9.17) is 9.97 Å². The van der Waals surface area contributed by atoms with E-state index in [1.54, 1.807) is 0 Å². The molecule has 0 fully saturated rings. The van der Waals surface area contributed by atoms with Crippen molar-refractivity contribution in [3.05, 3.63) is 176 Å². The lowest BCUT2D eigenvalue weighted by atomic mass is 9.97. The van der Waals surface area contributed by atoms with E-state index >= 15 is 0 Å². The molecule has 6 aromatic heterocycles. The van der Waals surface area contributed by atoms with Crippen LogP contribution in [0.15, 0.2) is 176 Å². The van der Waals surface area contributed by atoms with E-state index in [9.17, 15) is 0 Å². The van der Waals surface area contributed by atoms with Crippen molar-refractivity contribution < 1.29 is 0 Å². The molecule has 0 saturated carbocycles. The van der Waals surface area contributed by atoms with Gasteiger partial charge in [-0.15, -0.1) is 0 Å². The third-order valence-corrected chi connectivity index (χ3v) is 13.2. The molecule has 0 radical (unpaired) electrons. The summed E-state index contributed by atoms with van der Waals surface area (Å²) in [5.74, 6) is 0. The lowest BCUT2D eigenvalue weighted by Gasteiger charge is -2.09. The summed E-state index contributed by atoms with van der Waals surface area (Å²) in [6.07, 6.45) is 0. The number of nitrogens with zero attached hydrogens (tertiary/aromatic N) is 5. The van der Waals surface area contributed by atoms with Crippen LogP contribution in [0, 0.1) is 0 Å². The standard InChI is InChI=1S/C54H29N5/c1-2-14-33(15-3-1)57-44-23-9-8-18-37(44)42-28-32(25-27-45(42)57)36-19-10-21-40-46-34-16-6-5-13-31(34)29-43-48-54(59(50(36)40)52(43)46)55-47-41-22-11-20-38-39-26-24-30-12-4-7-17-35(30)49(39)58(51(38)41)53(47)56-48/h1-29H. The molecule has 0 aliphatic carbocycles. The lowest BCUT2D eigenvalue weighted by molar-refractivity contribution is 1.18. The number of fused-ring (bicyclic) bond motifs is 19. The number of rotatable bonds is 2. The predicted octanol–water partition coefficient (Wildman–Crippen LogP) is 13.8. The van der Waals surface area contributed by atoms with Gasteiger partial charge >= 0.3 is 0 Å².